The minimum Gasteiger partial charge on any atom is -0.497 e. The standard InChI is InChI=1S/C23H21N5O4S/c1-31-17-5-2-4-16(14-17)18-8-10-23(30)28(27-18)15-21(29)24-11-12-32-22-9-7-19(25-26-22)20-6-3-13-33-20/h2-10,13-14H,11-12,15H2,1H3,(H,24,29). The first-order chi connectivity index (χ1) is 16.1. The molecule has 1 amide bonds. The van der Waals surface area contributed by atoms with Crippen LogP contribution >= 0.6 is 11.3 Å². The molecule has 10 heteroatoms. The molecular weight excluding hydrogens is 442 g/mol. The molecule has 0 atom stereocenters. The van der Waals surface area contributed by atoms with Crippen molar-refractivity contribution in [2.45, 2.75) is 6.54 Å². The lowest BCUT2D eigenvalue weighted by molar-refractivity contribution is -0.122. The summed E-state index contributed by atoms with van der Waals surface area (Å²) in [5.41, 5.74) is 1.76. The lowest BCUT2D eigenvalue weighted by atomic mass is 10.1. The number of carbonyl (C=O) groups excluding carboxylic acids is 1. The van der Waals surface area contributed by atoms with Gasteiger partial charge < -0.3 is 14.8 Å². The number of nitrogens with zero attached hydrogens (tertiary/aromatic N) is 4. The van der Waals surface area contributed by atoms with Crippen LogP contribution in [0.25, 0.3) is 21.8 Å². The van der Waals surface area contributed by atoms with Crippen LogP contribution in [0.2, 0.25) is 0 Å². The minimum absolute atomic E-state index is 0.202. The zero-order valence-corrected chi connectivity index (χ0v) is 18.6. The maximum absolute atomic E-state index is 12.3. The van der Waals surface area contributed by atoms with Crippen LogP contribution in [-0.2, 0) is 11.3 Å². The van der Waals surface area contributed by atoms with Gasteiger partial charge in [-0.1, -0.05) is 18.2 Å². The van der Waals surface area contributed by atoms with Crippen LogP contribution in [0.4, 0.5) is 0 Å². The van der Waals surface area contributed by atoms with Gasteiger partial charge in [0.2, 0.25) is 11.8 Å². The van der Waals surface area contributed by atoms with Crippen LogP contribution in [0, 0.1) is 0 Å². The molecule has 33 heavy (non-hydrogen) atoms. The molecule has 0 saturated carbocycles. The Balaban J connectivity index is 1.28. The topological polar surface area (TPSA) is 108 Å². The number of rotatable bonds is 9. The number of carbonyl (C=O) groups is 1. The van der Waals surface area contributed by atoms with E-state index in [1.807, 2.05) is 47.8 Å². The summed E-state index contributed by atoms with van der Waals surface area (Å²) >= 11 is 1.58. The number of hydrogen-bond acceptors (Lipinski definition) is 8. The van der Waals surface area contributed by atoms with Gasteiger partial charge in [-0.25, -0.2) is 4.68 Å². The molecule has 1 aromatic carbocycles. The van der Waals surface area contributed by atoms with E-state index in [0.717, 1.165) is 20.8 Å². The van der Waals surface area contributed by atoms with Gasteiger partial charge in [0, 0.05) is 17.7 Å². The largest absolute Gasteiger partial charge is 0.497 e. The summed E-state index contributed by atoms with van der Waals surface area (Å²) < 4.78 is 11.9. The smallest absolute Gasteiger partial charge is 0.267 e. The van der Waals surface area contributed by atoms with Gasteiger partial charge in [0.25, 0.3) is 5.56 Å². The molecule has 4 aromatic rings. The van der Waals surface area contributed by atoms with Crippen molar-refractivity contribution in [3.8, 4) is 33.5 Å². The van der Waals surface area contributed by atoms with Gasteiger partial charge in [-0.05, 0) is 35.7 Å². The Bertz CT molecular complexity index is 1270. The van der Waals surface area contributed by atoms with Gasteiger partial charge in [0.1, 0.15) is 24.6 Å². The average Bonchev–Trinajstić information content (AvgIpc) is 3.39. The van der Waals surface area contributed by atoms with E-state index in [2.05, 4.69) is 20.6 Å². The number of aromatic nitrogens is 4. The number of nitrogens with one attached hydrogen (secondary N) is 1. The fourth-order valence-corrected chi connectivity index (χ4v) is 3.68. The van der Waals surface area contributed by atoms with Gasteiger partial charge in [-0.15, -0.1) is 21.5 Å². The lowest BCUT2D eigenvalue weighted by Gasteiger charge is -2.09. The molecule has 0 radical (unpaired) electrons. The van der Waals surface area contributed by atoms with E-state index in [0.29, 0.717) is 17.3 Å². The van der Waals surface area contributed by atoms with Crippen molar-refractivity contribution in [3.05, 3.63) is 76.4 Å². The number of thiophene rings is 1. The third-order valence-corrected chi connectivity index (χ3v) is 5.51. The van der Waals surface area contributed by atoms with Crippen LogP contribution in [0.1, 0.15) is 0 Å². The SMILES string of the molecule is COc1cccc(-c2ccc(=O)n(CC(=O)NCCOc3ccc(-c4cccs4)nn3)n2)c1. The molecule has 0 saturated heterocycles. The first-order valence-corrected chi connectivity index (χ1v) is 11.0. The molecule has 3 aromatic heterocycles. The lowest BCUT2D eigenvalue weighted by Crippen LogP contribution is -2.35. The fraction of sp³-hybridized carbons (Fsp3) is 0.174. The molecule has 0 fully saturated rings. The van der Waals surface area contributed by atoms with Crippen molar-refractivity contribution in [2.75, 3.05) is 20.3 Å². The summed E-state index contributed by atoms with van der Waals surface area (Å²) in [5.74, 6) is 0.694. The van der Waals surface area contributed by atoms with E-state index in [1.165, 1.54) is 6.07 Å². The monoisotopic (exact) mass is 463 g/mol. The molecule has 9 nitrogen and oxygen atoms in total. The Morgan fingerprint density at radius 3 is 2.70 bits per heavy atom. The van der Waals surface area contributed by atoms with Crippen molar-refractivity contribution in [3.63, 3.8) is 0 Å². The van der Waals surface area contributed by atoms with Crippen LogP contribution in [0.5, 0.6) is 11.6 Å². The average molecular weight is 464 g/mol. The van der Waals surface area contributed by atoms with Crippen LogP contribution in [-0.4, -0.2) is 46.1 Å². The summed E-state index contributed by atoms with van der Waals surface area (Å²) in [6.45, 7) is 0.258. The summed E-state index contributed by atoms with van der Waals surface area (Å²) in [6, 6.07) is 17.8. The number of benzene rings is 1. The highest BCUT2D eigenvalue weighted by molar-refractivity contribution is 7.13. The second-order valence-corrected chi connectivity index (χ2v) is 7.83. The predicted octanol–water partition coefficient (Wildman–Crippen LogP) is 2.63. The maximum Gasteiger partial charge on any atom is 0.267 e. The van der Waals surface area contributed by atoms with Crippen LogP contribution in [0.15, 0.2) is 70.8 Å². The van der Waals surface area contributed by atoms with E-state index >= 15 is 0 Å². The van der Waals surface area contributed by atoms with Crippen molar-refractivity contribution >= 4 is 17.2 Å². The van der Waals surface area contributed by atoms with E-state index in [4.69, 9.17) is 9.47 Å². The first-order valence-electron chi connectivity index (χ1n) is 10.1. The van der Waals surface area contributed by atoms with Crippen LogP contribution in [0.3, 0.4) is 0 Å². The molecule has 3 heterocycles. The van der Waals surface area contributed by atoms with Crippen molar-refractivity contribution < 1.29 is 14.3 Å². The summed E-state index contributed by atoms with van der Waals surface area (Å²) in [5, 5.41) is 17.2. The minimum atomic E-state index is -0.367. The molecule has 0 unspecified atom stereocenters. The molecule has 0 aliphatic rings. The molecule has 0 spiro atoms. The molecular formula is C23H21N5O4S. The van der Waals surface area contributed by atoms with Crippen molar-refractivity contribution in [2.24, 2.45) is 0 Å². The molecule has 0 aliphatic carbocycles. The van der Waals surface area contributed by atoms with E-state index < -0.39 is 0 Å². The number of amides is 1. The van der Waals surface area contributed by atoms with Gasteiger partial charge in [-0.3, -0.25) is 9.59 Å². The van der Waals surface area contributed by atoms with E-state index in [1.54, 1.807) is 30.6 Å². The second-order valence-electron chi connectivity index (χ2n) is 6.88. The Labute approximate surface area is 193 Å². The Morgan fingerprint density at radius 1 is 1.06 bits per heavy atom. The van der Waals surface area contributed by atoms with Crippen molar-refractivity contribution in [1.82, 2.24) is 25.3 Å². The Hall–Kier alpha value is -4.05. The quantitative estimate of drug-likeness (QED) is 0.380. The number of hydrogen-bond donors (Lipinski definition) is 1. The van der Waals surface area contributed by atoms with Gasteiger partial charge >= 0.3 is 0 Å². The molecule has 168 valence electrons. The molecule has 4 rings (SSSR count). The van der Waals surface area contributed by atoms with Gasteiger partial charge in [-0.2, -0.15) is 5.10 Å². The zero-order chi connectivity index (χ0) is 23.0. The predicted molar refractivity (Wildman–Crippen MR) is 124 cm³/mol. The Kier molecular flexibility index (Phi) is 7.06. The number of methoxy groups -OCH3 is 1. The van der Waals surface area contributed by atoms with Gasteiger partial charge in [0.05, 0.1) is 24.2 Å². The normalized spacial score (nSPS) is 10.6. The van der Waals surface area contributed by atoms with Gasteiger partial charge in [0.15, 0.2) is 0 Å². The molecule has 0 bridgehead atoms. The highest BCUT2D eigenvalue weighted by atomic mass is 32.1. The van der Waals surface area contributed by atoms with E-state index in [-0.39, 0.29) is 31.2 Å². The third-order valence-electron chi connectivity index (χ3n) is 4.61. The maximum atomic E-state index is 12.3. The third kappa shape index (κ3) is 5.80. The summed E-state index contributed by atoms with van der Waals surface area (Å²) in [7, 11) is 1.58. The fourth-order valence-electron chi connectivity index (χ4n) is 2.99. The van der Waals surface area contributed by atoms with E-state index in [9.17, 15) is 9.59 Å². The zero-order valence-electron chi connectivity index (χ0n) is 17.8. The Morgan fingerprint density at radius 2 is 1.94 bits per heavy atom. The molecule has 0 aliphatic heterocycles. The highest BCUT2D eigenvalue weighted by Crippen LogP contribution is 2.23. The number of ether oxygens (including phenoxy) is 2. The first kappa shape index (κ1) is 22.2. The van der Waals surface area contributed by atoms with Crippen LogP contribution < -0.4 is 20.3 Å². The summed E-state index contributed by atoms with van der Waals surface area (Å²) in [4.78, 5) is 25.5. The highest BCUT2D eigenvalue weighted by Gasteiger charge is 2.09. The molecule has 1 N–H and O–H groups in total. The second kappa shape index (κ2) is 10.5. The summed E-state index contributed by atoms with van der Waals surface area (Å²) in [6.07, 6.45) is 0. The van der Waals surface area contributed by atoms with Crippen molar-refractivity contribution in [1.29, 1.82) is 0 Å².